The van der Waals surface area contributed by atoms with Gasteiger partial charge in [-0.1, -0.05) is 6.07 Å². The van der Waals surface area contributed by atoms with E-state index >= 15 is 0 Å². The topological polar surface area (TPSA) is 66.0 Å². The van der Waals surface area contributed by atoms with E-state index in [1.165, 1.54) is 0 Å². The smallest absolute Gasteiger partial charge is 0.255 e. The van der Waals surface area contributed by atoms with E-state index < -0.39 is 0 Å². The average molecular weight is 385 g/mol. The van der Waals surface area contributed by atoms with Gasteiger partial charge in [0.1, 0.15) is 12.4 Å². The molecule has 1 heterocycles. The fourth-order valence-electron chi connectivity index (χ4n) is 3.02. The second-order valence-electron chi connectivity index (χ2n) is 6.46. The van der Waals surface area contributed by atoms with Gasteiger partial charge in [0.15, 0.2) is 11.5 Å². The molecule has 1 saturated heterocycles. The third kappa shape index (κ3) is 5.39. The van der Waals surface area contributed by atoms with Crippen molar-refractivity contribution in [3.05, 3.63) is 48.0 Å². The quantitative estimate of drug-likeness (QED) is 0.697. The van der Waals surface area contributed by atoms with Crippen molar-refractivity contribution < 1.29 is 23.7 Å². The van der Waals surface area contributed by atoms with Crippen LogP contribution in [0.1, 0.15) is 37.0 Å². The summed E-state index contributed by atoms with van der Waals surface area (Å²) >= 11 is 0. The van der Waals surface area contributed by atoms with Crippen LogP contribution in [-0.4, -0.2) is 38.4 Å². The Hall–Kier alpha value is -2.73. The Morgan fingerprint density at radius 1 is 1.07 bits per heavy atom. The molecule has 1 atom stereocenters. The van der Waals surface area contributed by atoms with Gasteiger partial charge in [0.25, 0.3) is 5.91 Å². The van der Waals surface area contributed by atoms with E-state index in [1.54, 1.807) is 30.3 Å². The highest BCUT2D eigenvalue weighted by atomic mass is 16.5. The molecule has 0 bridgehead atoms. The molecule has 2 aromatic rings. The van der Waals surface area contributed by atoms with Gasteiger partial charge < -0.3 is 24.3 Å². The molecule has 6 nitrogen and oxygen atoms in total. The molecule has 1 N–H and O–H groups in total. The minimum atomic E-state index is -0.214. The first kappa shape index (κ1) is 20.0. The minimum absolute atomic E-state index is 0.137. The zero-order chi connectivity index (χ0) is 19.8. The molecule has 0 spiro atoms. The van der Waals surface area contributed by atoms with Crippen LogP contribution in [0.15, 0.2) is 42.5 Å². The van der Waals surface area contributed by atoms with E-state index in [4.69, 9.17) is 18.9 Å². The molecule has 1 aliphatic rings. The zero-order valence-electron chi connectivity index (χ0n) is 16.4. The Labute approximate surface area is 165 Å². The lowest BCUT2D eigenvalue weighted by atomic mass is 10.2. The SMILES string of the molecule is CCOc1ccc(NC(=O)c2cccc(OC[C@@H]3CCCO3)c2)cc1OCC. The van der Waals surface area contributed by atoms with Crippen LogP contribution in [0.5, 0.6) is 17.2 Å². The Balaban J connectivity index is 1.65. The summed E-state index contributed by atoms with van der Waals surface area (Å²) < 4.78 is 22.5. The van der Waals surface area contributed by atoms with Crippen molar-refractivity contribution in [2.24, 2.45) is 0 Å². The van der Waals surface area contributed by atoms with E-state index in [2.05, 4.69) is 5.32 Å². The number of hydrogen-bond acceptors (Lipinski definition) is 5. The summed E-state index contributed by atoms with van der Waals surface area (Å²) in [5.74, 6) is 1.71. The molecule has 150 valence electrons. The lowest BCUT2D eigenvalue weighted by Gasteiger charge is -2.14. The summed E-state index contributed by atoms with van der Waals surface area (Å²) in [6, 6.07) is 12.5. The lowest BCUT2D eigenvalue weighted by molar-refractivity contribution is 0.0679. The van der Waals surface area contributed by atoms with Crippen LogP contribution in [0.2, 0.25) is 0 Å². The summed E-state index contributed by atoms with van der Waals surface area (Å²) in [5, 5.41) is 2.90. The largest absolute Gasteiger partial charge is 0.491 e. The maximum absolute atomic E-state index is 12.6. The van der Waals surface area contributed by atoms with Gasteiger partial charge >= 0.3 is 0 Å². The van der Waals surface area contributed by atoms with Crippen molar-refractivity contribution in [3.8, 4) is 17.2 Å². The molecular formula is C22H27NO5. The second kappa shape index (κ2) is 9.99. The van der Waals surface area contributed by atoms with Crippen LogP contribution in [0.3, 0.4) is 0 Å². The van der Waals surface area contributed by atoms with Crippen LogP contribution >= 0.6 is 0 Å². The molecule has 1 fully saturated rings. The number of carbonyl (C=O) groups is 1. The molecule has 0 saturated carbocycles. The van der Waals surface area contributed by atoms with Crippen LogP contribution in [0.25, 0.3) is 0 Å². The van der Waals surface area contributed by atoms with Crippen molar-refractivity contribution in [2.45, 2.75) is 32.8 Å². The summed E-state index contributed by atoms with van der Waals surface area (Å²) in [6.45, 7) is 6.18. The summed E-state index contributed by atoms with van der Waals surface area (Å²) in [5.41, 5.74) is 1.17. The molecule has 6 heteroatoms. The monoisotopic (exact) mass is 385 g/mol. The molecule has 1 aliphatic heterocycles. The van der Waals surface area contributed by atoms with E-state index in [9.17, 15) is 4.79 Å². The molecule has 28 heavy (non-hydrogen) atoms. The molecule has 0 aromatic heterocycles. The molecule has 3 rings (SSSR count). The first-order valence-corrected chi connectivity index (χ1v) is 9.75. The van der Waals surface area contributed by atoms with Crippen LogP contribution in [-0.2, 0) is 4.74 Å². The third-order valence-electron chi connectivity index (χ3n) is 4.36. The second-order valence-corrected chi connectivity index (χ2v) is 6.46. The first-order valence-electron chi connectivity index (χ1n) is 9.75. The van der Waals surface area contributed by atoms with Gasteiger partial charge in [-0.2, -0.15) is 0 Å². The molecule has 0 radical (unpaired) electrons. The lowest BCUT2D eigenvalue weighted by Crippen LogP contribution is -2.17. The van der Waals surface area contributed by atoms with Crippen molar-refractivity contribution >= 4 is 11.6 Å². The van der Waals surface area contributed by atoms with Crippen LogP contribution in [0, 0.1) is 0 Å². The number of rotatable bonds is 9. The maximum atomic E-state index is 12.6. The number of carbonyl (C=O) groups excluding carboxylic acids is 1. The van der Waals surface area contributed by atoms with Gasteiger partial charge in [0, 0.05) is 23.9 Å². The fraction of sp³-hybridized carbons (Fsp3) is 0.409. The van der Waals surface area contributed by atoms with Gasteiger partial charge in [0.2, 0.25) is 0 Å². The molecule has 1 amide bonds. The Kier molecular flexibility index (Phi) is 7.14. The van der Waals surface area contributed by atoms with E-state index in [0.29, 0.717) is 48.3 Å². The Morgan fingerprint density at radius 3 is 2.64 bits per heavy atom. The number of ether oxygens (including phenoxy) is 4. The fourth-order valence-corrected chi connectivity index (χ4v) is 3.02. The Bertz CT molecular complexity index is 786. The summed E-state index contributed by atoms with van der Waals surface area (Å²) in [7, 11) is 0. The normalized spacial score (nSPS) is 15.9. The number of amides is 1. The standard InChI is InChI=1S/C22H27NO5/c1-3-25-20-11-10-17(14-21(20)26-4-2)23-22(24)16-7-5-8-18(13-16)28-15-19-9-6-12-27-19/h5,7-8,10-11,13-14,19H,3-4,6,9,12,15H2,1-2H3,(H,23,24)/t19-/m0/s1. The third-order valence-corrected chi connectivity index (χ3v) is 4.36. The summed E-state index contributed by atoms with van der Waals surface area (Å²) in [4.78, 5) is 12.6. The summed E-state index contributed by atoms with van der Waals surface area (Å²) in [6.07, 6.45) is 2.22. The highest BCUT2D eigenvalue weighted by molar-refractivity contribution is 6.04. The van der Waals surface area contributed by atoms with Crippen molar-refractivity contribution in [1.29, 1.82) is 0 Å². The van der Waals surface area contributed by atoms with Gasteiger partial charge in [-0.15, -0.1) is 0 Å². The highest BCUT2D eigenvalue weighted by Crippen LogP contribution is 2.31. The van der Waals surface area contributed by atoms with Gasteiger partial charge in [-0.05, 0) is 57.0 Å². The average Bonchev–Trinajstić information content (AvgIpc) is 3.23. The van der Waals surface area contributed by atoms with Gasteiger partial charge in [-0.25, -0.2) is 0 Å². The minimum Gasteiger partial charge on any atom is -0.491 e. The molecule has 0 unspecified atom stereocenters. The Morgan fingerprint density at radius 2 is 1.89 bits per heavy atom. The van der Waals surface area contributed by atoms with E-state index in [1.807, 2.05) is 26.0 Å². The number of nitrogens with one attached hydrogen (secondary N) is 1. The van der Waals surface area contributed by atoms with Crippen molar-refractivity contribution in [3.63, 3.8) is 0 Å². The highest BCUT2D eigenvalue weighted by Gasteiger charge is 2.16. The van der Waals surface area contributed by atoms with Crippen LogP contribution in [0.4, 0.5) is 5.69 Å². The molecule has 2 aromatic carbocycles. The van der Waals surface area contributed by atoms with E-state index in [-0.39, 0.29) is 12.0 Å². The zero-order valence-corrected chi connectivity index (χ0v) is 16.4. The van der Waals surface area contributed by atoms with Crippen molar-refractivity contribution in [2.75, 3.05) is 31.7 Å². The number of benzene rings is 2. The first-order chi connectivity index (χ1) is 13.7. The van der Waals surface area contributed by atoms with Crippen LogP contribution < -0.4 is 19.5 Å². The van der Waals surface area contributed by atoms with Crippen molar-refractivity contribution in [1.82, 2.24) is 0 Å². The molecule has 0 aliphatic carbocycles. The predicted octanol–water partition coefficient (Wildman–Crippen LogP) is 4.29. The number of hydrogen-bond donors (Lipinski definition) is 1. The molecular weight excluding hydrogens is 358 g/mol. The number of anilines is 1. The predicted molar refractivity (Wildman–Crippen MR) is 108 cm³/mol. The maximum Gasteiger partial charge on any atom is 0.255 e. The van der Waals surface area contributed by atoms with Gasteiger partial charge in [-0.3, -0.25) is 4.79 Å². The van der Waals surface area contributed by atoms with E-state index in [0.717, 1.165) is 19.4 Å². The van der Waals surface area contributed by atoms with Gasteiger partial charge in [0.05, 0.1) is 19.3 Å².